The van der Waals surface area contributed by atoms with Crippen molar-refractivity contribution in [1.82, 2.24) is 14.1 Å². The van der Waals surface area contributed by atoms with Crippen LogP contribution in [0.3, 0.4) is 0 Å². The van der Waals surface area contributed by atoms with Crippen LogP contribution in [-0.4, -0.2) is 22.2 Å². The third kappa shape index (κ3) is 6.65. The maximum Gasteiger partial charge on any atom is 4.00 e. The molecule has 0 spiro atoms. The average molecular weight is 1000 g/mol. The van der Waals surface area contributed by atoms with Crippen LogP contribution < -0.4 is 19.7 Å². The van der Waals surface area contributed by atoms with Crippen molar-refractivity contribution in [2.24, 2.45) is 0 Å². The van der Waals surface area contributed by atoms with Crippen LogP contribution in [0.25, 0.3) is 72.3 Å². The van der Waals surface area contributed by atoms with Gasteiger partial charge in [-0.3, -0.25) is 4.57 Å². The fourth-order valence-electron chi connectivity index (χ4n) is 9.05. The summed E-state index contributed by atoms with van der Waals surface area (Å²) < 4.78 is 13.4. The van der Waals surface area contributed by atoms with E-state index in [4.69, 9.17) is 9.72 Å². The summed E-state index contributed by atoms with van der Waals surface area (Å²) in [6, 6.07) is 63.4. The predicted molar refractivity (Wildman–Crippen MR) is 253 cm³/mol. The van der Waals surface area contributed by atoms with Crippen molar-refractivity contribution in [3.63, 3.8) is 0 Å². The normalized spacial score (nSPS) is 12.8. The molecule has 0 N–H and O–H groups in total. The zero-order valence-corrected chi connectivity index (χ0v) is 38.9. The number of para-hydroxylation sites is 2. The molecular formula is C55H45N4OPtSi+. The number of ether oxygens (including phenoxy) is 1. The van der Waals surface area contributed by atoms with Crippen molar-refractivity contribution < 1.29 is 30.4 Å². The molecule has 3 aromatic heterocycles. The summed E-state index contributed by atoms with van der Waals surface area (Å²) in [4.78, 5) is 5.03. The summed E-state index contributed by atoms with van der Waals surface area (Å²) in [6.07, 6.45) is 5.62. The molecule has 0 amide bonds. The van der Waals surface area contributed by atoms with E-state index in [2.05, 4.69) is 212 Å². The van der Waals surface area contributed by atoms with Gasteiger partial charge in [0.05, 0.1) is 16.7 Å². The molecule has 0 unspecified atom stereocenters. The summed E-state index contributed by atoms with van der Waals surface area (Å²) in [6.45, 7) is 11.6. The Balaban J connectivity index is 0.00000245. The molecule has 0 radical (unpaired) electrons. The number of rotatable bonds is 6. The molecule has 10 aromatic rings. The van der Waals surface area contributed by atoms with Gasteiger partial charge in [-0.2, -0.15) is 12.1 Å². The molecule has 0 saturated carbocycles. The number of hydrogen-bond acceptors (Lipinski definition) is 2. The Morgan fingerprint density at radius 3 is 2.06 bits per heavy atom. The number of pyridine rings is 1. The molecule has 7 heteroatoms. The van der Waals surface area contributed by atoms with Crippen LogP contribution in [0.2, 0.25) is 13.1 Å². The molecule has 0 bridgehead atoms. The first-order valence-electron chi connectivity index (χ1n) is 20.6. The topological polar surface area (TPSA) is 35.9 Å². The Labute approximate surface area is 379 Å². The van der Waals surface area contributed by atoms with Gasteiger partial charge in [0.25, 0.3) is 6.33 Å². The van der Waals surface area contributed by atoms with Gasteiger partial charge in [-0.15, -0.1) is 34.8 Å². The van der Waals surface area contributed by atoms with Gasteiger partial charge in [0.2, 0.25) is 0 Å². The molecule has 7 aromatic carbocycles. The molecule has 4 heterocycles. The van der Waals surface area contributed by atoms with Crippen molar-refractivity contribution >= 4 is 51.3 Å². The number of aromatic nitrogens is 4. The molecule has 0 saturated heterocycles. The van der Waals surface area contributed by atoms with E-state index in [9.17, 15) is 0 Å². The van der Waals surface area contributed by atoms with Crippen LogP contribution in [0, 0.1) is 25.9 Å². The van der Waals surface area contributed by atoms with Crippen molar-refractivity contribution in [2.75, 3.05) is 0 Å². The SMILES string of the molecule is CC(C)(C)c1ccnc(-n2c3[c-]c(Oc4[c-]c5c(cc4)[Si](C)(C)c4cccc6c4n-5[c-][n+]6-c4ccccc4)ccc3c3c(-c4ccccc4)cc(-c4ccccc4)cc32)c1.[CH3-].[Pt+4]. The van der Waals surface area contributed by atoms with Crippen LogP contribution in [0.5, 0.6) is 11.5 Å². The largest absolute Gasteiger partial charge is 4.00 e. The van der Waals surface area contributed by atoms with Crippen molar-refractivity contribution in [2.45, 2.75) is 39.3 Å². The minimum absolute atomic E-state index is 0. The summed E-state index contributed by atoms with van der Waals surface area (Å²) >= 11 is 0. The second-order valence-electron chi connectivity index (χ2n) is 17.3. The zero-order chi connectivity index (χ0) is 40.8. The van der Waals surface area contributed by atoms with Crippen molar-refractivity contribution in [3.8, 4) is 50.9 Å². The Hall–Kier alpha value is -6.33. The minimum Gasteiger partial charge on any atom is -0.510 e. The van der Waals surface area contributed by atoms with E-state index < -0.39 is 8.07 Å². The molecule has 304 valence electrons. The second kappa shape index (κ2) is 15.5. The molecule has 1 aliphatic heterocycles. The summed E-state index contributed by atoms with van der Waals surface area (Å²) in [5, 5.41) is 4.91. The minimum atomic E-state index is -2.10. The van der Waals surface area contributed by atoms with E-state index in [1.54, 1.807) is 0 Å². The van der Waals surface area contributed by atoms with Crippen LogP contribution in [-0.2, 0) is 26.5 Å². The van der Waals surface area contributed by atoms with Crippen LogP contribution in [0.15, 0.2) is 164 Å². The van der Waals surface area contributed by atoms with E-state index in [0.717, 1.165) is 66.8 Å². The first-order chi connectivity index (χ1) is 29.1. The molecule has 0 aliphatic carbocycles. The number of nitrogens with zero attached hydrogens (tertiary/aromatic N) is 4. The van der Waals surface area contributed by atoms with Crippen LogP contribution >= 0.6 is 0 Å². The molecule has 0 fully saturated rings. The quantitative estimate of drug-likeness (QED) is 0.0945. The Morgan fingerprint density at radius 2 is 1.34 bits per heavy atom. The number of benzene rings is 7. The number of hydrogen-bond donors (Lipinski definition) is 0. The number of imidazole rings is 1. The molecule has 11 rings (SSSR count). The Morgan fingerprint density at radius 1 is 0.661 bits per heavy atom. The van der Waals surface area contributed by atoms with E-state index in [0.29, 0.717) is 11.5 Å². The molecule has 62 heavy (non-hydrogen) atoms. The van der Waals surface area contributed by atoms with Crippen molar-refractivity contribution in [3.05, 3.63) is 195 Å². The second-order valence-corrected chi connectivity index (χ2v) is 21.6. The summed E-state index contributed by atoms with van der Waals surface area (Å²) in [7, 11) is -2.10. The van der Waals surface area contributed by atoms with Gasteiger partial charge < -0.3 is 21.3 Å². The Bertz CT molecular complexity index is 3290. The first-order valence-corrected chi connectivity index (χ1v) is 23.6. The Kier molecular flexibility index (Phi) is 10.3. The maximum absolute atomic E-state index is 6.81. The van der Waals surface area contributed by atoms with E-state index >= 15 is 0 Å². The van der Waals surface area contributed by atoms with E-state index in [1.165, 1.54) is 21.5 Å². The zero-order valence-electron chi connectivity index (χ0n) is 35.6. The monoisotopic (exact) mass is 1000 g/mol. The summed E-state index contributed by atoms with van der Waals surface area (Å²) in [5.41, 5.74) is 12.1. The van der Waals surface area contributed by atoms with Gasteiger partial charge in [-0.25, -0.2) is 4.98 Å². The van der Waals surface area contributed by atoms with E-state index in [-0.39, 0.29) is 33.9 Å². The average Bonchev–Trinajstić information content (AvgIpc) is 3.82. The molecule has 0 atom stereocenters. The fourth-order valence-corrected chi connectivity index (χ4v) is 12.0. The number of fused-ring (bicyclic) bond motifs is 5. The van der Waals surface area contributed by atoms with Gasteiger partial charge in [0.1, 0.15) is 5.82 Å². The van der Waals surface area contributed by atoms with Gasteiger partial charge in [0, 0.05) is 31.3 Å². The van der Waals surface area contributed by atoms with Gasteiger partial charge in [0.15, 0.2) is 0 Å². The predicted octanol–water partition coefficient (Wildman–Crippen LogP) is 11.8. The van der Waals surface area contributed by atoms with Crippen LogP contribution in [0.4, 0.5) is 0 Å². The van der Waals surface area contributed by atoms with Gasteiger partial charge in [-0.1, -0.05) is 142 Å². The smallest absolute Gasteiger partial charge is 0.510 e. The maximum atomic E-state index is 6.81. The third-order valence-electron chi connectivity index (χ3n) is 12.2. The fraction of sp³-hybridized carbons (Fsp3) is 0.109. The standard InChI is InChI=1S/C54H42N4OSi.CH3.Pt/c1-54(2,3)39-28-29-55-51(32-39)58-46-33-41(24-26-43(46)52-44(37-18-11-7-12-19-37)30-38(31-48(52)58)36-16-9-6-10-17-36)59-42-25-27-49-47(34-42)57-35-56(40-20-13-8-14-21-40)45-22-15-23-50(53(45)57)60(49,4)5;;/h6-32H,1-5H3;1H3;/q-2;-1;+4. The third-order valence-corrected chi connectivity index (χ3v) is 15.7. The molecular weight excluding hydrogens is 956 g/mol. The van der Waals surface area contributed by atoms with Crippen molar-refractivity contribution in [1.29, 1.82) is 0 Å². The van der Waals surface area contributed by atoms with Gasteiger partial charge in [-0.05, 0) is 80.7 Å². The molecule has 1 aliphatic rings. The van der Waals surface area contributed by atoms with Gasteiger partial charge >= 0.3 is 21.1 Å². The van der Waals surface area contributed by atoms with Crippen LogP contribution in [0.1, 0.15) is 26.3 Å². The van der Waals surface area contributed by atoms with E-state index in [1.807, 2.05) is 18.3 Å². The summed E-state index contributed by atoms with van der Waals surface area (Å²) in [5.74, 6) is 2.07. The molecule has 5 nitrogen and oxygen atoms in total. The first kappa shape index (κ1) is 41.0.